The van der Waals surface area contributed by atoms with E-state index in [4.69, 9.17) is 50.8 Å². The number of hydrogen-bond donors (Lipinski definition) is 1. The number of nitrogens with zero attached hydrogens (tertiary/aromatic N) is 2. The summed E-state index contributed by atoms with van der Waals surface area (Å²) in [5.74, 6) is 0.262. The summed E-state index contributed by atoms with van der Waals surface area (Å²) in [6, 6.07) is 21.9. The molecule has 0 bridgehead atoms. The molecule has 1 aliphatic rings. The first-order chi connectivity index (χ1) is 17.9. The number of nitrogens with one attached hydrogen (secondary N) is 1. The number of hydrogen-bond acceptors (Lipinski definition) is 4. The molecule has 2 heterocycles. The van der Waals surface area contributed by atoms with E-state index in [1.165, 1.54) is 0 Å². The minimum Gasteiger partial charge on any atom is -0.451 e. The molecule has 9 heteroatoms. The van der Waals surface area contributed by atoms with Crippen LogP contribution in [-0.2, 0) is 6.54 Å². The topological polar surface area (TPSA) is 48.7 Å². The van der Waals surface area contributed by atoms with Gasteiger partial charge in [-0.1, -0.05) is 64.6 Å². The molecule has 1 N–H and O–H groups in total. The number of benzene rings is 3. The lowest BCUT2D eigenvalue weighted by Gasteiger charge is -2.36. The maximum absolute atomic E-state index is 12.8. The lowest BCUT2D eigenvalue weighted by molar-refractivity contribution is 0.0997. The molecule has 0 radical (unpaired) electrons. The van der Waals surface area contributed by atoms with Crippen molar-refractivity contribution >= 4 is 63.7 Å². The highest BCUT2D eigenvalue weighted by atomic mass is 35.5. The first-order valence-corrected chi connectivity index (χ1v) is 13.3. The van der Waals surface area contributed by atoms with Crippen LogP contribution in [0.5, 0.6) is 0 Å². The van der Waals surface area contributed by atoms with E-state index in [-0.39, 0.29) is 11.7 Å². The number of anilines is 2. The lowest BCUT2D eigenvalue weighted by atomic mass is 10.2. The van der Waals surface area contributed by atoms with E-state index >= 15 is 0 Å². The third kappa shape index (κ3) is 6.08. The maximum atomic E-state index is 12.8. The standard InChI is InChI=1S/C28H23Cl4N3O2/c29-19-5-7-21(23(31)15-19)26-9-10-27(37-26)28(36)33-20-6-8-25(24(32)16-20)35-13-11-34(12-14-35)17-18-3-1-2-4-22(18)30/h1-10,15-16H,11-14,17H2,(H,33,36). The van der Waals surface area contributed by atoms with Crippen molar-refractivity contribution < 1.29 is 9.21 Å². The van der Waals surface area contributed by atoms with Gasteiger partial charge in [-0.25, -0.2) is 0 Å². The Bertz CT molecular complexity index is 1430. The minimum atomic E-state index is -0.381. The van der Waals surface area contributed by atoms with Crippen LogP contribution in [0.1, 0.15) is 16.1 Å². The van der Waals surface area contributed by atoms with Crippen LogP contribution >= 0.6 is 46.4 Å². The van der Waals surface area contributed by atoms with Crippen molar-refractivity contribution in [3.63, 3.8) is 0 Å². The van der Waals surface area contributed by atoms with Gasteiger partial charge in [-0.2, -0.15) is 0 Å². The number of furan rings is 1. The molecule has 3 aromatic carbocycles. The molecule has 5 nitrogen and oxygen atoms in total. The second-order valence-electron chi connectivity index (χ2n) is 8.76. The molecule has 1 aliphatic heterocycles. The fraction of sp³-hybridized carbons (Fsp3) is 0.179. The molecule has 1 amide bonds. The van der Waals surface area contributed by atoms with Crippen molar-refractivity contribution in [3.8, 4) is 11.3 Å². The van der Waals surface area contributed by atoms with E-state index in [2.05, 4.69) is 21.2 Å². The van der Waals surface area contributed by atoms with Crippen molar-refractivity contribution in [2.45, 2.75) is 6.54 Å². The van der Waals surface area contributed by atoms with Crippen LogP contribution in [-0.4, -0.2) is 37.0 Å². The molecule has 0 spiro atoms. The Hall–Kier alpha value is -2.67. The fourth-order valence-electron chi connectivity index (χ4n) is 4.34. The first kappa shape index (κ1) is 26.0. The second-order valence-corrected chi connectivity index (χ2v) is 10.4. The molecular formula is C28H23Cl4N3O2. The molecule has 1 fully saturated rings. The summed E-state index contributed by atoms with van der Waals surface area (Å²) in [6.45, 7) is 4.32. The van der Waals surface area contributed by atoms with E-state index < -0.39 is 0 Å². The van der Waals surface area contributed by atoms with Crippen LogP contribution in [0.15, 0.2) is 77.2 Å². The van der Waals surface area contributed by atoms with E-state index in [0.29, 0.717) is 32.1 Å². The van der Waals surface area contributed by atoms with E-state index in [0.717, 1.165) is 49.0 Å². The van der Waals surface area contributed by atoms with E-state index in [1.54, 1.807) is 36.4 Å². The molecule has 0 saturated carbocycles. The smallest absolute Gasteiger partial charge is 0.291 e. The van der Waals surface area contributed by atoms with Crippen LogP contribution in [0.2, 0.25) is 20.1 Å². The van der Waals surface area contributed by atoms with Gasteiger partial charge in [0, 0.05) is 54.0 Å². The molecule has 0 unspecified atom stereocenters. The quantitative estimate of drug-likeness (QED) is 0.252. The highest BCUT2D eigenvalue weighted by Gasteiger charge is 2.21. The number of piperazine rings is 1. The molecule has 1 saturated heterocycles. The number of carbonyl (C=O) groups excluding carboxylic acids is 1. The Morgan fingerprint density at radius 3 is 2.32 bits per heavy atom. The van der Waals surface area contributed by atoms with Gasteiger partial charge in [0.15, 0.2) is 5.76 Å². The first-order valence-electron chi connectivity index (χ1n) is 11.7. The summed E-state index contributed by atoms with van der Waals surface area (Å²) in [7, 11) is 0. The van der Waals surface area contributed by atoms with Gasteiger partial charge in [0.2, 0.25) is 0 Å². The van der Waals surface area contributed by atoms with Gasteiger partial charge in [-0.15, -0.1) is 0 Å². The summed E-state index contributed by atoms with van der Waals surface area (Å²) in [5, 5.41) is 5.19. The summed E-state index contributed by atoms with van der Waals surface area (Å²) >= 11 is 25.2. The normalized spacial score (nSPS) is 14.1. The van der Waals surface area contributed by atoms with Gasteiger partial charge < -0.3 is 14.6 Å². The Balaban J connectivity index is 1.20. The predicted octanol–water partition coefficient (Wildman–Crippen LogP) is 8.13. The maximum Gasteiger partial charge on any atom is 0.291 e. The van der Waals surface area contributed by atoms with E-state index in [9.17, 15) is 4.79 Å². The van der Waals surface area contributed by atoms with Gasteiger partial charge in [0.25, 0.3) is 5.91 Å². The zero-order valence-corrected chi connectivity index (χ0v) is 22.7. The molecule has 5 rings (SSSR count). The van der Waals surface area contributed by atoms with Crippen molar-refractivity contribution in [1.82, 2.24) is 4.90 Å². The molecule has 4 aromatic rings. The fourth-order valence-corrected chi connectivity index (χ4v) is 5.34. The summed E-state index contributed by atoms with van der Waals surface area (Å²) in [5.41, 5.74) is 3.31. The Labute approximate surface area is 235 Å². The zero-order valence-electron chi connectivity index (χ0n) is 19.7. The molecule has 190 valence electrons. The van der Waals surface area contributed by atoms with Crippen molar-refractivity contribution in [3.05, 3.63) is 104 Å². The minimum absolute atomic E-state index is 0.163. The van der Waals surface area contributed by atoms with Gasteiger partial charge in [0.05, 0.1) is 15.7 Å². The summed E-state index contributed by atoms with van der Waals surface area (Å²) in [6.07, 6.45) is 0. The molecule has 0 aliphatic carbocycles. The van der Waals surface area contributed by atoms with Crippen molar-refractivity contribution in [2.24, 2.45) is 0 Å². The average molecular weight is 575 g/mol. The number of carbonyl (C=O) groups is 1. The van der Waals surface area contributed by atoms with Crippen LogP contribution in [0.25, 0.3) is 11.3 Å². The lowest BCUT2D eigenvalue weighted by Crippen LogP contribution is -2.46. The molecule has 37 heavy (non-hydrogen) atoms. The predicted molar refractivity (Wildman–Crippen MR) is 153 cm³/mol. The van der Waals surface area contributed by atoms with Crippen molar-refractivity contribution in [2.75, 3.05) is 36.4 Å². The average Bonchev–Trinajstić information content (AvgIpc) is 3.36. The second kappa shape index (κ2) is 11.4. The van der Waals surface area contributed by atoms with Gasteiger partial charge in [-0.05, 0) is 60.2 Å². The SMILES string of the molecule is O=C(Nc1ccc(N2CCN(Cc3ccccc3Cl)CC2)c(Cl)c1)c1ccc(-c2ccc(Cl)cc2Cl)o1. The Morgan fingerprint density at radius 1 is 0.811 bits per heavy atom. The third-order valence-electron chi connectivity index (χ3n) is 6.30. The Morgan fingerprint density at radius 2 is 1.59 bits per heavy atom. The van der Waals surface area contributed by atoms with Crippen LogP contribution < -0.4 is 10.2 Å². The van der Waals surface area contributed by atoms with Gasteiger partial charge in [-0.3, -0.25) is 9.69 Å². The highest BCUT2D eigenvalue weighted by molar-refractivity contribution is 6.36. The van der Waals surface area contributed by atoms with Crippen LogP contribution in [0.3, 0.4) is 0 Å². The van der Waals surface area contributed by atoms with Crippen LogP contribution in [0.4, 0.5) is 11.4 Å². The number of halogens is 4. The summed E-state index contributed by atoms with van der Waals surface area (Å²) < 4.78 is 5.74. The Kier molecular flexibility index (Phi) is 7.98. The molecule has 1 aromatic heterocycles. The number of amides is 1. The van der Waals surface area contributed by atoms with E-state index in [1.807, 2.05) is 30.3 Å². The molecule has 0 atom stereocenters. The monoisotopic (exact) mass is 573 g/mol. The van der Waals surface area contributed by atoms with Gasteiger partial charge in [0.1, 0.15) is 5.76 Å². The zero-order chi connectivity index (χ0) is 25.9. The largest absolute Gasteiger partial charge is 0.451 e. The number of rotatable bonds is 6. The highest BCUT2D eigenvalue weighted by Crippen LogP contribution is 2.33. The van der Waals surface area contributed by atoms with Gasteiger partial charge >= 0.3 is 0 Å². The third-order valence-corrected chi connectivity index (χ3v) is 7.52. The van der Waals surface area contributed by atoms with Crippen LogP contribution in [0, 0.1) is 0 Å². The summed E-state index contributed by atoms with van der Waals surface area (Å²) in [4.78, 5) is 17.4. The molecular weight excluding hydrogens is 552 g/mol. The van der Waals surface area contributed by atoms with Crippen molar-refractivity contribution in [1.29, 1.82) is 0 Å².